The molecule has 4 aromatic rings. The number of anilines is 2. The Hall–Kier alpha value is -4.25. The van der Waals surface area contributed by atoms with Crippen molar-refractivity contribution in [2.45, 2.75) is 82.4 Å². The standard InChI is InChI=1S/C37H45N7O3S/c1-37(2)23-28-13-8-18-38-31-21-29(47-25-27-11-4-3-5-12-27)22-34(39-31)48-42-36(45)30-14-15-32(40-35(30)43(37)24-28)44-19-16-33(41-44)46-20-17-26-9-6-7-10-26/h3-5,11-12,14-16,19,21-22,26,28H,6-10,13,17-18,20,23-25H2,1-2H3,(H,38,39)(H,42,45)/t28-/m0/s1. The third-order valence-corrected chi connectivity index (χ3v) is 10.4. The summed E-state index contributed by atoms with van der Waals surface area (Å²) in [5, 5.41) is 8.81. The normalized spacial score (nSPS) is 19.5. The van der Waals surface area contributed by atoms with Crippen molar-refractivity contribution in [2.24, 2.45) is 11.8 Å². The summed E-state index contributed by atoms with van der Waals surface area (Å²) in [4.78, 5) is 26.1. The average Bonchev–Trinajstić information content (AvgIpc) is 3.85. The topological polar surface area (TPSA) is 106 Å². The van der Waals surface area contributed by atoms with E-state index in [1.54, 1.807) is 4.68 Å². The maximum absolute atomic E-state index is 13.9. The minimum atomic E-state index is -0.230. The zero-order valence-corrected chi connectivity index (χ0v) is 28.7. The molecule has 2 fully saturated rings. The Morgan fingerprint density at radius 2 is 1.83 bits per heavy atom. The van der Waals surface area contributed by atoms with Crippen molar-refractivity contribution in [1.29, 1.82) is 0 Å². The fourth-order valence-electron chi connectivity index (χ4n) is 7.25. The van der Waals surface area contributed by atoms with E-state index in [4.69, 9.17) is 19.4 Å². The molecule has 2 aliphatic heterocycles. The first-order valence-electron chi connectivity index (χ1n) is 17.3. The monoisotopic (exact) mass is 667 g/mol. The number of nitrogens with zero attached hydrogens (tertiary/aromatic N) is 5. The quantitative estimate of drug-likeness (QED) is 0.185. The number of nitrogens with one attached hydrogen (secondary N) is 2. The molecule has 2 N–H and O–H groups in total. The molecule has 4 bridgehead atoms. The molecule has 1 saturated carbocycles. The van der Waals surface area contributed by atoms with Gasteiger partial charge in [-0.1, -0.05) is 56.0 Å². The number of hydrogen-bond donors (Lipinski definition) is 2. The van der Waals surface area contributed by atoms with E-state index >= 15 is 0 Å². The second-order valence-corrected chi connectivity index (χ2v) is 14.6. The van der Waals surface area contributed by atoms with E-state index in [0.717, 1.165) is 56.1 Å². The summed E-state index contributed by atoms with van der Waals surface area (Å²) in [7, 11) is 0. The number of carbonyl (C=O) groups excluding carboxylic acids is 1. The van der Waals surface area contributed by atoms with Gasteiger partial charge in [-0.15, -0.1) is 5.10 Å². The molecule has 3 aliphatic rings. The number of amides is 1. The van der Waals surface area contributed by atoms with E-state index in [1.165, 1.54) is 37.6 Å². The van der Waals surface area contributed by atoms with Crippen LogP contribution in [0.1, 0.15) is 81.1 Å². The Labute approximate surface area is 287 Å². The number of pyridine rings is 2. The number of ether oxygens (including phenoxy) is 2. The lowest BCUT2D eigenvalue weighted by molar-refractivity contribution is 0.0984. The highest BCUT2D eigenvalue weighted by atomic mass is 32.2. The van der Waals surface area contributed by atoms with Gasteiger partial charge in [0.05, 0.1) is 12.2 Å². The van der Waals surface area contributed by atoms with Crippen LogP contribution in [0, 0.1) is 11.8 Å². The van der Waals surface area contributed by atoms with Gasteiger partial charge in [-0.2, -0.15) is 0 Å². The molecule has 1 aromatic carbocycles. The van der Waals surface area contributed by atoms with E-state index in [-0.39, 0.29) is 11.4 Å². The van der Waals surface area contributed by atoms with Gasteiger partial charge in [0, 0.05) is 55.0 Å². The van der Waals surface area contributed by atoms with Crippen molar-refractivity contribution in [3.8, 4) is 17.4 Å². The number of aromatic nitrogens is 4. The fraction of sp³-hybridized carbons (Fsp3) is 0.459. The molecule has 3 aromatic heterocycles. The summed E-state index contributed by atoms with van der Waals surface area (Å²) in [5.41, 5.74) is 1.43. The van der Waals surface area contributed by atoms with Gasteiger partial charge < -0.3 is 19.7 Å². The average molecular weight is 668 g/mol. The van der Waals surface area contributed by atoms with Crippen LogP contribution in [0.4, 0.5) is 11.6 Å². The highest BCUT2D eigenvalue weighted by Crippen LogP contribution is 2.40. The molecule has 7 rings (SSSR count). The minimum Gasteiger partial charge on any atom is -0.489 e. The fourth-order valence-corrected chi connectivity index (χ4v) is 7.88. The van der Waals surface area contributed by atoms with Crippen LogP contribution in [-0.4, -0.2) is 50.9 Å². The third kappa shape index (κ3) is 7.72. The van der Waals surface area contributed by atoms with Crippen molar-refractivity contribution in [3.05, 3.63) is 78.0 Å². The van der Waals surface area contributed by atoms with Gasteiger partial charge in [0.25, 0.3) is 5.91 Å². The van der Waals surface area contributed by atoms with Crippen LogP contribution >= 0.6 is 11.9 Å². The van der Waals surface area contributed by atoms with Crippen molar-refractivity contribution < 1.29 is 14.3 Å². The number of rotatable bonds is 8. The van der Waals surface area contributed by atoms with Crippen LogP contribution in [0.3, 0.4) is 0 Å². The third-order valence-electron chi connectivity index (χ3n) is 9.74. The molecule has 1 amide bonds. The Morgan fingerprint density at radius 1 is 0.979 bits per heavy atom. The molecule has 1 aliphatic carbocycles. The Kier molecular flexibility index (Phi) is 9.74. The van der Waals surface area contributed by atoms with Gasteiger partial charge in [0.15, 0.2) is 5.82 Å². The summed E-state index contributed by atoms with van der Waals surface area (Å²) < 4.78 is 16.9. The smallest absolute Gasteiger partial charge is 0.265 e. The molecular weight excluding hydrogens is 623 g/mol. The summed E-state index contributed by atoms with van der Waals surface area (Å²) >= 11 is 1.18. The molecule has 1 saturated heterocycles. The second-order valence-electron chi connectivity index (χ2n) is 13.8. The highest BCUT2D eigenvalue weighted by molar-refractivity contribution is 7.97. The molecule has 48 heavy (non-hydrogen) atoms. The van der Waals surface area contributed by atoms with Gasteiger partial charge in [-0.05, 0) is 69.1 Å². The van der Waals surface area contributed by atoms with E-state index < -0.39 is 0 Å². The van der Waals surface area contributed by atoms with Crippen LogP contribution in [0.25, 0.3) is 5.82 Å². The van der Waals surface area contributed by atoms with Crippen LogP contribution in [0.2, 0.25) is 0 Å². The van der Waals surface area contributed by atoms with E-state index in [0.29, 0.717) is 53.0 Å². The van der Waals surface area contributed by atoms with E-state index in [9.17, 15) is 4.79 Å². The molecule has 0 unspecified atom stereocenters. The predicted molar refractivity (Wildman–Crippen MR) is 189 cm³/mol. The van der Waals surface area contributed by atoms with Gasteiger partial charge >= 0.3 is 0 Å². The van der Waals surface area contributed by atoms with Gasteiger partial charge in [0.2, 0.25) is 5.88 Å². The first-order valence-corrected chi connectivity index (χ1v) is 18.1. The lowest BCUT2D eigenvalue weighted by Gasteiger charge is -2.34. The molecule has 252 valence electrons. The van der Waals surface area contributed by atoms with Crippen LogP contribution in [-0.2, 0) is 6.61 Å². The van der Waals surface area contributed by atoms with Crippen molar-refractivity contribution in [3.63, 3.8) is 0 Å². The van der Waals surface area contributed by atoms with Gasteiger partial charge in [-0.25, -0.2) is 14.6 Å². The summed E-state index contributed by atoms with van der Waals surface area (Å²) in [6.07, 6.45) is 11.3. The first-order chi connectivity index (χ1) is 23.4. The number of benzene rings is 1. The zero-order valence-electron chi connectivity index (χ0n) is 27.9. The second kappa shape index (κ2) is 14.5. The molecule has 1 atom stereocenters. The summed E-state index contributed by atoms with van der Waals surface area (Å²) in [5.74, 6) is 4.34. The molecule has 10 nitrogen and oxygen atoms in total. The summed E-state index contributed by atoms with van der Waals surface area (Å²) in [6, 6.07) is 19.5. The van der Waals surface area contributed by atoms with E-state index in [2.05, 4.69) is 33.9 Å². The molecule has 0 radical (unpaired) electrons. The van der Waals surface area contributed by atoms with Crippen molar-refractivity contribution in [1.82, 2.24) is 24.5 Å². The maximum atomic E-state index is 13.9. The minimum absolute atomic E-state index is 0.168. The molecular formula is C37H45N7O3S. The van der Waals surface area contributed by atoms with Crippen LogP contribution in [0.5, 0.6) is 11.6 Å². The lowest BCUT2D eigenvalue weighted by atomic mass is 9.93. The SMILES string of the molecule is CC1(C)C[C@@H]2CCCNc3cc(OCc4ccccc4)cc(n3)SNC(=O)c3ccc(-n4ccc(OCCC5CCCC5)n4)nc3N1C2. The molecule has 5 heterocycles. The number of hydrogen-bond acceptors (Lipinski definition) is 9. The Bertz CT molecular complexity index is 1710. The highest BCUT2D eigenvalue weighted by Gasteiger charge is 2.40. The zero-order chi connectivity index (χ0) is 32.9. The van der Waals surface area contributed by atoms with Crippen molar-refractivity contribution >= 4 is 29.5 Å². The summed E-state index contributed by atoms with van der Waals surface area (Å²) in [6.45, 7) is 7.24. The van der Waals surface area contributed by atoms with Crippen LogP contribution < -0.4 is 24.4 Å². The van der Waals surface area contributed by atoms with Gasteiger partial charge in [0.1, 0.15) is 29.0 Å². The van der Waals surface area contributed by atoms with Gasteiger partial charge in [-0.3, -0.25) is 9.52 Å². The maximum Gasteiger partial charge on any atom is 0.265 e. The largest absolute Gasteiger partial charge is 0.489 e. The lowest BCUT2D eigenvalue weighted by Crippen LogP contribution is -2.40. The number of fused-ring (bicyclic) bond motifs is 6. The first kappa shape index (κ1) is 32.3. The molecule has 0 spiro atoms. The predicted octanol–water partition coefficient (Wildman–Crippen LogP) is 7.45. The number of carbonyl (C=O) groups is 1. The van der Waals surface area contributed by atoms with E-state index in [1.807, 2.05) is 66.9 Å². The molecule has 11 heteroatoms. The van der Waals surface area contributed by atoms with Crippen LogP contribution in [0.15, 0.2) is 71.9 Å². The Morgan fingerprint density at radius 3 is 2.69 bits per heavy atom. The van der Waals surface area contributed by atoms with Crippen molar-refractivity contribution in [2.75, 3.05) is 29.9 Å². The Balaban J connectivity index is 1.13.